The minimum Gasteiger partial charge on any atom is -0.386 e. The summed E-state index contributed by atoms with van der Waals surface area (Å²) in [6, 6.07) is 27.5. The molecule has 308 valence electrons. The van der Waals surface area contributed by atoms with E-state index < -0.39 is 77.7 Å². The van der Waals surface area contributed by atoms with Crippen LogP contribution in [0.2, 0.25) is 36.3 Å². The fourth-order valence-electron chi connectivity index (χ4n) is 10.6. The molecule has 0 unspecified atom stereocenters. The van der Waals surface area contributed by atoms with Gasteiger partial charge in [-0.05, 0) is 0 Å². The van der Waals surface area contributed by atoms with Gasteiger partial charge in [0.25, 0.3) is 0 Å². The largest absolute Gasteiger partial charge is 0.386 e. The maximum atomic E-state index is 15.9. The molecule has 12 heteroatoms. The van der Waals surface area contributed by atoms with Gasteiger partial charge in [0.1, 0.15) is 10.4 Å². The van der Waals surface area contributed by atoms with Gasteiger partial charge in [-0.2, -0.15) is 0 Å². The van der Waals surface area contributed by atoms with E-state index in [1.54, 1.807) is 65.8 Å². The summed E-state index contributed by atoms with van der Waals surface area (Å²) in [5.74, 6) is -6.08. The van der Waals surface area contributed by atoms with Crippen LogP contribution in [0, 0.1) is 0 Å². The third-order valence-corrected chi connectivity index (χ3v) is 26.8. The summed E-state index contributed by atoms with van der Waals surface area (Å²) >= 11 is 0. The molecule has 0 aromatic heterocycles. The van der Waals surface area contributed by atoms with Crippen molar-refractivity contribution in [3.63, 3.8) is 0 Å². The second-order valence-corrected chi connectivity index (χ2v) is 26.5. The van der Waals surface area contributed by atoms with Gasteiger partial charge in [0.2, 0.25) is 23.0 Å². The number of ketones is 4. The van der Waals surface area contributed by atoms with Crippen LogP contribution in [-0.2, 0) is 0 Å². The number of rotatable bonds is 16. The average Bonchev–Trinajstić information content (AvgIpc) is 3.28. The Kier molecular flexibility index (Phi) is 12.4. The van der Waals surface area contributed by atoms with E-state index in [1.807, 2.05) is 0 Å². The lowest BCUT2D eigenvalue weighted by molar-refractivity contribution is -0.347. The van der Waals surface area contributed by atoms with Crippen molar-refractivity contribution in [1.29, 1.82) is 0 Å². The van der Waals surface area contributed by atoms with Gasteiger partial charge in [-0.15, -0.1) is 0 Å². The van der Waals surface area contributed by atoms with Crippen LogP contribution >= 0.6 is 0 Å². The zero-order valence-corrected chi connectivity index (χ0v) is 36.1. The van der Waals surface area contributed by atoms with E-state index in [-0.39, 0.29) is 53.0 Å². The van der Waals surface area contributed by atoms with E-state index in [0.29, 0.717) is 0 Å². The smallest absolute Gasteiger partial charge is 0.205 e. The van der Waals surface area contributed by atoms with E-state index in [4.69, 9.17) is 0 Å². The molecule has 1 aliphatic carbocycles. The molecule has 58 heavy (non-hydrogen) atoms. The zero-order chi connectivity index (χ0) is 43.0. The molecule has 10 nitrogen and oxygen atoms in total. The van der Waals surface area contributed by atoms with E-state index >= 15 is 19.2 Å². The van der Waals surface area contributed by atoms with Crippen molar-refractivity contribution in [1.82, 2.24) is 0 Å². The predicted octanol–water partition coefficient (Wildman–Crippen LogP) is 6.01. The number of hydrogen-bond donors (Lipinski definition) is 6. The molecule has 0 heterocycles. The first-order valence-corrected chi connectivity index (χ1v) is 25.4. The van der Waals surface area contributed by atoms with E-state index in [1.165, 1.54) is 97.1 Å². The monoisotopic (exact) mass is 824 g/mol. The first kappa shape index (κ1) is 44.8. The number of carbonyl (C=O) groups is 4. The Morgan fingerprint density at radius 3 is 0.741 bits per heavy atom. The van der Waals surface area contributed by atoms with Crippen LogP contribution < -0.4 is 0 Å². The van der Waals surface area contributed by atoms with Crippen LogP contribution in [0.1, 0.15) is 83.0 Å². The molecule has 0 radical (unpaired) electrons. The maximum absolute atomic E-state index is 15.9. The van der Waals surface area contributed by atoms with Crippen molar-refractivity contribution in [3.8, 4) is 0 Å². The Labute approximate surface area is 342 Å². The van der Waals surface area contributed by atoms with Gasteiger partial charge < -0.3 is 30.6 Å². The lowest BCUT2D eigenvalue weighted by atomic mass is 9.48. The molecule has 1 fully saturated rings. The van der Waals surface area contributed by atoms with Crippen molar-refractivity contribution in [2.45, 2.75) is 111 Å². The maximum Gasteiger partial charge on any atom is 0.205 e. The van der Waals surface area contributed by atoms with Gasteiger partial charge in [-0.25, -0.2) is 0 Å². The lowest BCUT2D eigenvalue weighted by Gasteiger charge is -2.75. The summed E-state index contributed by atoms with van der Waals surface area (Å²) in [5, 5.41) is 78.8. The molecule has 6 N–H and O–H groups in total. The fraction of sp³-hybridized carbons (Fsp3) is 0.391. The number of carbonyl (C=O) groups excluding carboxylic acids is 4. The standard InChI is InChI=1S/C46H56O10Si2/c1-7-57(8-2,9-3)45(55)42(52,38(48)34-27-19-14-20-28-34)41(51,37(47)33-25-17-13-18-26-33)43(53,39(49)35-29-21-15-22-30-35)46(56,58(10-4,11-5)12-6)44(45,54)40(50)36-31-23-16-24-32-36/h13-32,51-56H,7-12H2,1-6H3/t41-,42-,43+,44-,45-,46-/m1/s1. The molecular formula is C46H56O10Si2. The molecule has 0 amide bonds. The molecule has 1 saturated carbocycles. The number of benzene rings is 4. The van der Waals surface area contributed by atoms with Crippen LogP contribution in [-0.4, -0.2) is 103 Å². The predicted molar refractivity (Wildman–Crippen MR) is 227 cm³/mol. The Morgan fingerprint density at radius 1 is 0.345 bits per heavy atom. The Morgan fingerprint density at radius 2 is 0.534 bits per heavy atom. The van der Waals surface area contributed by atoms with Gasteiger partial charge in [0.15, 0.2) is 22.6 Å². The first-order chi connectivity index (χ1) is 27.4. The van der Waals surface area contributed by atoms with Gasteiger partial charge in [-0.1, -0.05) is 199 Å². The van der Waals surface area contributed by atoms with E-state index in [9.17, 15) is 30.6 Å². The Hall–Kier alpha value is -4.25. The normalized spacial score (nSPS) is 28.8. The summed E-state index contributed by atoms with van der Waals surface area (Å²) < 4.78 is 0. The quantitative estimate of drug-likeness (QED) is 0.0577. The SMILES string of the molecule is CC[Si](CC)(CC)[C@@]1(O)[C@](O)(C(=O)c2ccccc2)[C@](O)([Si](CC)(CC)CC)[C@](O)(C(=O)c2ccccc2)[C@@](O)(C(=O)c2ccccc2)[C@]1(O)C(=O)c1ccccc1. The molecule has 1 aliphatic rings. The van der Waals surface area contributed by atoms with Crippen molar-refractivity contribution in [2.75, 3.05) is 0 Å². The third kappa shape index (κ3) is 5.36. The molecule has 0 saturated heterocycles. The second kappa shape index (κ2) is 16.1. The van der Waals surface area contributed by atoms with Crippen molar-refractivity contribution >= 4 is 39.3 Å². The van der Waals surface area contributed by atoms with Crippen LogP contribution in [0.25, 0.3) is 0 Å². The summed E-state index contributed by atoms with van der Waals surface area (Å²) in [4.78, 5) is 63.4. The minimum atomic E-state index is -4.28. The average molecular weight is 825 g/mol. The topological polar surface area (TPSA) is 190 Å². The molecule has 5 rings (SSSR count). The highest BCUT2D eigenvalue weighted by atomic mass is 28.3. The zero-order valence-electron chi connectivity index (χ0n) is 34.1. The van der Waals surface area contributed by atoms with E-state index in [0.717, 1.165) is 0 Å². The number of hydrogen-bond acceptors (Lipinski definition) is 10. The molecule has 0 bridgehead atoms. The van der Waals surface area contributed by atoms with Crippen LogP contribution in [0.4, 0.5) is 0 Å². The van der Waals surface area contributed by atoms with Crippen LogP contribution in [0.15, 0.2) is 121 Å². The molecule has 4 aromatic rings. The second-order valence-electron chi connectivity index (χ2n) is 15.7. The minimum absolute atomic E-state index is 0.0685. The molecule has 4 aromatic carbocycles. The van der Waals surface area contributed by atoms with Gasteiger partial charge >= 0.3 is 0 Å². The van der Waals surface area contributed by atoms with Crippen LogP contribution in [0.3, 0.4) is 0 Å². The fourth-order valence-corrected chi connectivity index (χ4v) is 21.1. The van der Waals surface area contributed by atoms with E-state index in [2.05, 4.69) is 0 Å². The number of aliphatic hydroxyl groups is 6. The third-order valence-electron chi connectivity index (χ3n) is 14.2. The first-order valence-electron chi connectivity index (χ1n) is 20.2. The van der Waals surface area contributed by atoms with Crippen molar-refractivity contribution < 1.29 is 49.8 Å². The van der Waals surface area contributed by atoms with Crippen molar-refractivity contribution in [2.24, 2.45) is 0 Å². The molecular weight excluding hydrogens is 769 g/mol. The molecule has 0 aliphatic heterocycles. The van der Waals surface area contributed by atoms with Gasteiger partial charge in [-0.3, -0.25) is 19.2 Å². The molecule has 6 atom stereocenters. The van der Waals surface area contributed by atoms with Crippen molar-refractivity contribution in [3.05, 3.63) is 144 Å². The Bertz CT molecular complexity index is 2010. The summed E-state index contributed by atoms with van der Waals surface area (Å²) in [6.45, 7) is 9.89. The Balaban J connectivity index is 2.28. The highest BCUT2D eigenvalue weighted by Crippen LogP contribution is 2.68. The summed E-state index contributed by atoms with van der Waals surface area (Å²) in [7, 11) is -8.56. The summed E-state index contributed by atoms with van der Waals surface area (Å²) in [5.41, 5.74) is -17.8. The highest BCUT2D eigenvalue weighted by molar-refractivity contribution is 6.86. The summed E-state index contributed by atoms with van der Waals surface area (Å²) in [6.07, 6.45) is 0. The van der Waals surface area contributed by atoms with Gasteiger partial charge in [0.05, 0.1) is 16.1 Å². The molecule has 0 spiro atoms. The lowest BCUT2D eigenvalue weighted by Crippen LogP contribution is -3.06. The number of Topliss-reactive ketones (excluding diaryl/α,β-unsaturated/α-hetero) is 4. The highest BCUT2D eigenvalue weighted by Gasteiger charge is 2.99. The van der Waals surface area contributed by atoms with Gasteiger partial charge in [0, 0.05) is 22.3 Å². The van der Waals surface area contributed by atoms with Crippen LogP contribution in [0.5, 0.6) is 0 Å².